The van der Waals surface area contributed by atoms with Crippen molar-refractivity contribution in [2.24, 2.45) is 0 Å². The molecule has 3 aliphatic rings. The summed E-state index contributed by atoms with van der Waals surface area (Å²) in [6, 6.07) is 15.6. The van der Waals surface area contributed by atoms with Crippen molar-refractivity contribution in [1.82, 2.24) is 5.32 Å². The monoisotopic (exact) mass is 373 g/mol. The van der Waals surface area contributed by atoms with Crippen molar-refractivity contribution in [1.29, 1.82) is 0 Å². The lowest BCUT2D eigenvalue weighted by molar-refractivity contribution is 0.104. The van der Waals surface area contributed by atoms with Crippen LogP contribution < -0.4 is 10.1 Å². The van der Waals surface area contributed by atoms with Crippen LogP contribution in [0.2, 0.25) is 0 Å². The second kappa shape index (κ2) is 7.99. The maximum Gasteiger partial charge on any atom is 0.123 e. The molecule has 4 heteroatoms. The summed E-state index contributed by atoms with van der Waals surface area (Å²) in [6.07, 6.45) is 1.91. The van der Waals surface area contributed by atoms with Crippen molar-refractivity contribution in [3.8, 4) is 5.75 Å². The van der Waals surface area contributed by atoms with Gasteiger partial charge in [-0.1, -0.05) is 50.2 Å². The molecule has 0 spiro atoms. The maximum atomic E-state index is 10.2. The summed E-state index contributed by atoms with van der Waals surface area (Å²) >= 11 is 0. The van der Waals surface area contributed by atoms with E-state index < -0.39 is 6.10 Å². The molecule has 0 aromatic heterocycles. The molecule has 3 unspecified atom stereocenters. The summed E-state index contributed by atoms with van der Waals surface area (Å²) in [4.78, 5) is 0. The van der Waals surface area contributed by atoms with Gasteiger partial charge < -0.3 is 15.2 Å². The molecule has 0 aliphatic heterocycles. The molecule has 0 saturated heterocycles. The fourth-order valence-electron chi connectivity index (χ4n) is 4.39. The first-order valence-electron chi connectivity index (χ1n) is 9.41. The summed E-state index contributed by atoms with van der Waals surface area (Å²) in [5.41, 5.74) is 5.72. The Morgan fingerprint density at radius 2 is 1.65 bits per heavy atom. The molecule has 0 amide bonds. The highest BCUT2D eigenvalue weighted by molar-refractivity contribution is 5.85. The van der Waals surface area contributed by atoms with E-state index in [9.17, 15) is 5.11 Å². The highest BCUT2D eigenvalue weighted by Gasteiger charge is 2.38. The zero-order valence-corrected chi connectivity index (χ0v) is 16.3. The number of rotatable bonds is 6. The van der Waals surface area contributed by atoms with Crippen LogP contribution in [-0.2, 0) is 0 Å². The fraction of sp³-hybridized carbons (Fsp3) is 0.455. The average molecular weight is 374 g/mol. The molecule has 0 radical (unpaired) electrons. The Labute approximate surface area is 162 Å². The van der Waals surface area contributed by atoms with E-state index in [0.29, 0.717) is 31.0 Å². The standard InChI is InChI=1S/C22H27NO2.ClH/c1-14(2)23-12-15(24)13-25-21-9-5-8-19-18-10-11-20(22(19)21)17-7-4-3-6-16(17)18;/h3-9,14-15,18,20,23-24H,10-13H2,1-2H3;1H. The van der Waals surface area contributed by atoms with Crippen LogP contribution in [0.4, 0.5) is 0 Å². The van der Waals surface area contributed by atoms with Gasteiger partial charge in [0.25, 0.3) is 0 Å². The Morgan fingerprint density at radius 1 is 1.00 bits per heavy atom. The van der Waals surface area contributed by atoms with Crippen LogP contribution in [0.3, 0.4) is 0 Å². The molecule has 2 aromatic carbocycles. The quantitative estimate of drug-likeness (QED) is 0.796. The third kappa shape index (κ3) is 3.48. The maximum absolute atomic E-state index is 10.2. The normalized spacial score (nSPS) is 20.9. The van der Waals surface area contributed by atoms with Gasteiger partial charge in [-0.15, -0.1) is 12.4 Å². The van der Waals surface area contributed by atoms with Gasteiger partial charge in [-0.05, 0) is 35.6 Å². The number of ether oxygens (including phenoxy) is 1. The van der Waals surface area contributed by atoms with E-state index in [0.717, 1.165) is 5.75 Å². The highest BCUT2D eigenvalue weighted by Crippen LogP contribution is 2.55. The van der Waals surface area contributed by atoms with E-state index in [1.807, 2.05) is 0 Å². The zero-order valence-electron chi connectivity index (χ0n) is 15.4. The Hall–Kier alpha value is -1.55. The van der Waals surface area contributed by atoms with Gasteiger partial charge in [-0.3, -0.25) is 0 Å². The van der Waals surface area contributed by atoms with Crippen LogP contribution in [-0.4, -0.2) is 30.4 Å². The molecule has 0 fully saturated rings. The van der Waals surface area contributed by atoms with E-state index in [4.69, 9.17) is 4.74 Å². The van der Waals surface area contributed by atoms with Crippen molar-refractivity contribution < 1.29 is 9.84 Å². The summed E-state index contributed by atoms with van der Waals surface area (Å²) in [6.45, 7) is 5.04. The molecule has 26 heavy (non-hydrogen) atoms. The smallest absolute Gasteiger partial charge is 0.123 e. The van der Waals surface area contributed by atoms with Crippen molar-refractivity contribution in [3.63, 3.8) is 0 Å². The van der Waals surface area contributed by atoms with E-state index in [-0.39, 0.29) is 12.4 Å². The largest absolute Gasteiger partial charge is 0.491 e. The van der Waals surface area contributed by atoms with Crippen molar-refractivity contribution in [2.75, 3.05) is 13.2 Å². The van der Waals surface area contributed by atoms with E-state index >= 15 is 0 Å². The van der Waals surface area contributed by atoms with Crippen molar-refractivity contribution >= 4 is 12.4 Å². The van der Waals surface area contributed by atoms with Crippen LogP contribution >= 0.6 is 12.4 Å². The van der Waals surface area contributed by atoms with Gasteiger partial charge >= 0.3 is 0 Å². The molecule has 0 saturated carbocycles. The molecule has 140 valence electrons. The molecule has 3 aliphatic carbocycles. The molecular weight excluding hydrogens is 346 g/mol. The second-order valence-electron chi connectivity index (χ2n) is 7.60. The summed E-state index contributed by atoms with van der Waals surface area (Å²) in [5, 5.41) is 13.4. The number of hydrogen-bond acceptors (Lipinski definition) is 3. The number of benzene rings is 2. The Morgan fingerprint density at radius 3 is 2.38 bits per heavy atom. The number of fused-ring (bicyclic) bond motifs is 1. The molecule has 2 aromatic rings. The first kappa shape index (κ1) is 19.2. The van der Waals surface area contributed by atoms with Gasteiger partial charge in [-0.2, -0.15) is 0 Å². The second-order valence-corrected chi connectivity index (χ2v) is 7.60. The summed E-state index contributed by atoms with van der Waals surface area (Å²) in [5.74, 6) is 1.87. The van der Waals surface area contributed by atoms with E-state index in [1.54, 1.807) is 0 Å². The molecule has 3 nitrogen and oxygen atoms in total. The molecule has 3 atom stereocenters. The predicted molar refractivity (Wildman–Crippen MR) is 108 cm³/mol. The third-order valence-electron chi connectivity index (χ3n) is 5.51. The van der Waals surface area contributed by atoms with Gasteiger partial charge in [0.1, 0.15) is 18.5 Å². The van der Waals surface area contributed by atoms with Crippen molar-refractivity contribution in [3.05, 3.63) is 64.7 Å². The number of aliphatic hydroxyl groups excluding tert-OH is 1. The van der Waals surface area contributed by atoms with Crippen LogP contribution in [0.1, 0.15) is 60.8 Å². The van der Waals surface area contributed by atoms with Crippen LogP contribution in [0.25, 0.3) is 0 Å². The summed E-state index contributed by atoms with van der Waals surface area (Å²) < 4.78 is 6.08. The Balaban J connectivity index is 0.00000196. The van der Waals surface area contributed by atoms with E-state index in [1.165, 1.54) is 35.1 Å². The average Bonchev–Trinajstić information content (AvgIpc) is 2.65. The van der Waals surface area contributed by atoms with Gasteiger partial charge in [0.2, 0.25) is 0 Å². The molecule has 0 heterocycles. The van der Waals surface area contributed by atoms with Gasteiger partial charge in [-0.25, -0.2) is 0 Å². The molecule has 2 bridgehead atoms. The molecular formula is C22H28ClNO2. The molecule has 5 rings (SSSR count). The Bertz CT molecular complexity index is 762. The predicted octanol–water partition coefficient (Wildman–Crippen LogP) is 4.22. The third-order valence-corrected chi connectivity index (χ3v) is 5.51. The van der Waals surface area contributed by atoms with Crippen molar-refractivity contribution in [2.45, 2.75) is 50.7 Å². The summed E-state index contributed by atoms with van der Waals surface area (Å²) in [7, 11) is 0. The Kier molecular flexibility index (Phi) is 5.91. The first-order chi connectivity index (χ1) is 12.1. The first-order valence-corrected chi connectivity index (χ1v) is 9.41. The van der Waals surface area contributed by atoms with Gasteiger partial charge in [0.15, 0.2) is 0 Å². The number of nitrogens with one attached hydrogen (secondary N) is 1. The van der Waals surface area contributed by atoms with Crippen LogP contribution in [0, 0.1) is 0 Å². The topological polar surface area (TPSA) is 41.5 Å². The minimum Gasteiger partial charge on any atom is -0.491 e. The van der Waals surface area contributed by atoms with Crippen LogP contribution in [0.5, 0.6) is 5.75 Å². The molecule has 2 N–H and O–H groups in total. The number of aliphatic hydroxyl groups is 1. The van der Waals surface area contributed by atoms with Crippen LogP contribution in [0.15, 0.2) is 42.5 Å². The minimum atomic E-state index is -0.494. The highest BCUT2D eigenvalue weighted by atomic mass is 35.5. The zero-order chi connectivity index (χ0) is 17.4. The SMILES string of the molecule is CC(C)NCC(O)COc1cccc2c1C1CCC2c2ccccc21.Cl. The van der Waals surface area contributed by atoms with E-state index in [2.05, 4.69) is 61.6 Å². The lowest BCUT2D eigenvalue weighted by Crippen LogP contribution is -2.35. The van der Waals surface area contributed by atoms with Gasteiger partial charge in [0, 0.05) is 30.0 Å². The lowest BCUT2D eigenvalue weighted by Gasteiger charge is -2.41. The number of halogens is 1. The van der Waals surface area contributed by atoms with Gasteiger partial charge in [0.05, 0.1) is 0 Å². The fourth-order valence-corrected chi connectivity index (χ4v) is 4.39. The lowest BCUT2D eigenvalue weighted by atomic mass is 9.63. The number of hydrogen-bond donors (Lipinski definition) is 2. The minimum absolute atomic E-state index is 0.